The molecule has 7 heteroatoms. The number of thioether (sulfide) groups is 1. The molecule has 0 N–H and O–H groups in total. The summed E-state index contributed by atoms with van der Waals surface area (Å²) < 4.78 is 1.92. The first-order valence-corrected chi connectivity index (χ1v) is 12.0. The molecule has 0 spiro atoms. The van der Waals surface area contributed by atoms with Crippen LogP contribution in [-0.2, 0) is 17.3 Å². The zero-order chi connectivity index (χ0) is 24.2. The van der Waals surface area contributed by atoms with E-state index in [0.29, 0.717) is 11.7 Å². The summed E-state index contributed by atoms with van der Waals surface area (Å²) in [6.07, 6.45) is 0.280. The van der Waals surface area contributed by atoms with Crippen molar-refractivity contribution in [1.82, 2.24) is 14.8 Å². The van der Waals surface area contributed by atoms with Gasteiger partial charge in [0.25, 0.3) is 0 Å². The van der Waals surface area contributed by atoms with Crippen molar-refractivity contribution in [1.29, 1.82) is 5.26 Å². The fourth-order valence-corrected chi connectivity index (χ4v) is 4.26. The van der Waals surface area contributed by atoms with E-state index in [1.165, 1.54) is 22.9 Å². The number of aryl methyl sites for hydroxylation is 2. The van der Waals surface area contributed by atoms with Crippen molar-refractivity contribution in [3.63, 3.8) is 0 Å². The second-order valence-electron chi connectivity index (χ2n) is 9.20. The molecule has 3 rings (SSSR count). The highest BCUT2D eigenvalue weighted by Gasteiger charge is 2.19. The lowest BCUT2D eigenvalue weighted by atomic mass is 9.87. The van der Waals surface area contributed by atoms with Crippen LogP contribution in [0.25, 0.3) is 11.4 Å². The van der Waals surface area contributed by atoms with Gasteiger partial charge in [-0.1, -0.05) is 62.9 Å². The zero-order valence-electron chi connectivity index (χ0n) is 20.2. The van der Waals surface area contributed by atoms with Gasteiger partial charge in [0, 0.05) is 24.8 Å². The molecule has 172 valence electrons. The predicted molar refractivity (Wildman–Crippen MR) is 134 cm³/mol. The Labute approximate surface area is 200 Å². The largest absolute Gasteiger partial charge is 0.311 e. The molecule has 0 saturated heterocycles. The summed E-state index contributed by atoms with van der Waals surface area (Å²) >= 11 is 1.36. The van der Waals surface area contributed by atoms with Gasteiger partial charge in [-0.05, 0) is 48.1 Å². The maximum atomic E-state index is 13.1. The summed E-state index contributed by atoms with van der Waals surface area (Å²) in [7, 11) is 1.91. The molecular weight excluding hydrogens is 430 g/mol. The number of hydrogen-bond acceptors (Lipinski definition) is 5. The number of aromatic nitrogens is 3. The number of amides is 1. The average Bonchev–Trinajstić information content (AvgIpc) is 3.14. The predicted octanol–water partition coefficient (Wildman–Crippen LogP) is 5.44. The summed E-state index contributed by atoms with van der Waals surface area (Å²) in [5.41, 5.74) is 5.44. The average molecular weight is 462 g/mol. The molecular formula is C26H31N5OS. The monoisotopic (exact) mass is 461 g/mol. The molecule has 33 heavy (non-hydrogen) atoms. The molecule has 0 aliphatic carbocycles. The van der Waals surface area contributed by atoms with Gasteiger partial charge >= 0.3 is 0 Å². The van der Waals surface area contributed by atoms with E-state index in [1.807, 2.05) is 43.7 Å². The molecule has 0 unspecified atom stereocenters. The number of nitrogens with zero attached hydrogens (tertiary/aromatic N) is 5. The Kier molecular flexibility index (Phi) is 7.60. The van der Waals surface area contributed by atoms with Crippen LogP contribution in [-0.4, -0.2) is 33.0 Å². The smallest absolute Gasteiger partial charge is 0.237 e. The minimum atomic E-state index is -0.0578. The van der Waals surface area contributed by atoms with Crippen molar-refractivity contribution < 1.29 is 4.79 Å². The fourth-order valence-electron chi connectivity index (χ4n) is 3.47. The Balaban J connectivity index is 1.74. The van der Waals surface area contributed by atoms with Crippen LogP contribution in [0, 0.1) is 25.2 Å². The van der Waals surface area contributed by atoms with Crippen LogP contribution >= 0.6 is 11.8 Å². The number of rotatable bonds is 7. The third kappa shape index (κ3) is 5.82. The Bertz CT molecular complexity index is 1170. The summed E-state index contributed by atoms with van der Waals surface area (Å²) in [6, 6.07) is 16.4. The van der Waals surface area contributed by atoms with Crippen LogP contribution in [0.5, 0.6) is 0 Å². The number of carbonyl (C=O) groups excluding carboxylic acids is 1. The molecule has 0 radical (unpaired) electrons. The summed E-state index contributed by atoms with van der Waals surface area (Å²) in [5, 5.41) is 18.4. The molecule has 0 bridgehead atoms. The molecule has 3 aromatic rings. The van der Waals surface area contributed by atoms with Crippen LogP contribution in [0.15, 0.2) is 47.6 Å². The first-order valence-electron chi connectivity index (χ1n) is 11.0. The number of benzene rings is 2. The number of nitriles is 1. The first kappa shape index (κ1) is 24.5. The SMILES string of the molecule is Cc1ccc(N(CCC#N)C(=O)CSc2nnc(-c3ccc(C(C)(C)C)cc3)n2C)cc1C. The molecule has 0 saturated carbocycles. The van der Waals surface area contributed by atoms with Gasteiger partial charge in [0.15, 0.2) is 11.0 Å². The van der Waals surface area contributed by atoms with E-state index in [4.69, 9.17) is 5.26 Å². The molecule has 2 aromatic carbocycles. The van der Waals surface area contributed by atoms with Gasteiger partial charge < -0.3 is 9.47 Å². The zero-order valence-corrected chi connectivity index (χ0v) is 21.0. The molecule has 6 nitrogen and oxygen atoms in total. The lowest BCUT2D eigenvalue weighted by Crippen LogP contribution is -2.33. The van der Waals surface area contributed by atoms with Gasteiger partial charge in [-0.25, -0.2) is 0 Å². The van der Waals surface area contributed by atoms with Crippen molar-refractivity contribution in [3.05, 3.63) is 59.2 Å². The molecule has 0 fully saturated rings. The van der Waals surface area contributed by atoms with Crippen LogP contribution in [0.4, 0.5) is 5.69 Å². The maximum Gasteiger partial charge on any atom is 0.237 e. The van der Waals surface area contributed by atoms with Crippen LogP contribution in [0.1, 0.15) is 43.9 Å². The molecule has 1 amide bonds. The highest BCUT2D eigenvalue weighted by Crippen LogP contribution is 2.27. The number of carbonyl (C=O) groups is 1. The van der Waals surface area contributed by atoms with Gasteiger partial charge in [-0.15, -0.1) is 10.2 Å². The standard InChI is InChI=1S/C26H31N5OS/c1-18-8-13-22(16-19(18)2)31(15-7-14-27)23(32)17-33-25-29-28-24(30(25)6)20-9-11-21(12-10-20)26(3,4)5/h8-13,16H,7,15,17H2,1-6H3. The van der Waals surface area contributed by atoms with E-state index in [-0.39, 0.29) is 23.5 Å². The van der Waals surface area contributed by atoms with Crippen LogP contribution in [0.3, 0.4) is 0 Å². The minimum Gasteiger partial charge on any atom is -0.311 e. The third-order valence-corrected chi connectivity index (χ3v) is 6.72. The third-order valence-electron chi connectivity index (χ3n) is 5.72. The van der Waals surface area contributed by atoms with Gasteiger partial charge in [0.05, 0.1) is 18.2 Å². The Morgan fingerprint density at radius 2 is 1.79 bits per heavy atom. The van der Waals surface area contributed by atoms with Crippen molar-refractivity contribution in [3.8, 4) is 17.5 Å². The summed E-state index contributed by atoms with van der Waals surface area (Å²) in [5.74, 6) is 0.922. The van der Waals surface area contributed by atoms with E-state index in [0.717, 1.165) is 22.6 Å². The Morgan fingerprint density at radius 1 is 1.09 bits per heavy atom. The second-order valence-corrected chi connectivity index (χ2v) is 10.1. The summed E-state index contributed by atoms with van der Waals surface area (Å²) in [6.45, 7) is 11.0. The minimum absolute atomic E-state index is 0.0578. The molecule has 0 atom stereocenters. The summed E-state index contributed by atoms with van der Waals surface area (Å²) in [4.78, 5) is 14.8. The van der Waals surface area contributed by atoms with E-state index in [2.05, 4.69) is 61.3 Å². The van der Waals surface area contributed by atoms with E-state index < -0.39 is 0 Å². The number of anilines is 1. The molecule has 0 aliphatic rings. The molecule has 0 aliphatic heterocycles. The highest BCUT2D eigenvalue weighted by molar-refractivity contribution is 7.99. The molecule has 1 aromatic heterocycles. The van der Waals surface area contributed by atoms with Crippen molar-refractivity contribution >= 4 is 23.4 Å². The van der Waals surface area contributed by atoms with Crippen molar-refractivity contribution in [2.75, 3.05) is 17.2 Å². The lowest BCUT2D eigenvalue weighted by Gasteiger charge is -2.22. The first-order chi connectivity index (χ1) is 15.6. The number of hydrogen-bond donors (Lipinski definition) is 0. The van der Waals surface area contributed by atoms with Crippen molar-refractivity contribution in [2.45, 2.75) is 51.6 Å². The van der Waals surface area contributed by atoms with Gasteiger partial charge in [0.2, 0.25) is 5.91 Å². The maximum absolute atomic E-state index is 13.1. The van der Waals surface area contributed by atoms with Gasteiger partial charge in [-0.3, -0.25) is 4.79 Å². The molecule has 1 heterocycles. The van der Waals surface area contributed by atoms with E-state index >= 15 is 0 Å². The van der Waals surface area contributed by atoms with Crippen LogP contribution < -0.4 is 4.90 Å². The van der Waals surface area contributed by atoms with Crippen molar-refractivity contribution in [2.24, 2.45) is 7.05 Å². The Hall–Kier alpha value is -3.11. The van der Waals surface area contributed by atoms with Gasteiger partial charge in [-0.2, -0.15) is 5.26 Å². The van der Waals surface area contributed by atoms with E-state index in [9.17, 15) is 4.79 Å². The Morgan fingerprint density at radius 3 is 2.39 bits per heavy atom. The normalized spacial score (nSPS) is 11.3. The highest BCUT2D eigenvalue weighted by atomic mass is 32.2. The van der Waals surface area contributed by atoms with Crippen LogP contribution in [0.2, 0.25) is 0 Å². The quantitative estimate of drug-likeness (QED) is 0.438. The second kappa shape index (κ2) is 10.2. The van der Waals surface area contributed by atoms with Gasteiger partial charge in [0.1, 0.15) is 0 Å². The fraction of sp³-hybridized carbons (Fsp3) is 0.385. The topological polar surface area (TPSA) is 74.8 Å². The lowest BCUT2D eigenvalue weighted by molar-refractivity contribution is -0.116. The van der Waals surface area contributed by atoms with E-state index in [1.54, 1.807) is 4.90 Å².